The highest BCUT2D eigenvalue weighted by Gasteiger charge is 2.19. The van der Waals surface area contributed by atoms with Gasteiger partial charge in [0.15, 0.2) is 5.82 Å². The first-order valence-corrected chi connectivity index (χ1v) is 6.02. The molecule has 18 heavy (non-hydrogen) atoms. The molecule has 0 aliphatic carbocycles. The molecule has 0 bridgehead atoms. The Morgan fingerprint density at radius 3 is 3.00 bits per heavy atom. The molecular weight excluding hydrogens is 252 g/mol. The largest absolute Gasteiger partial charge is 0.361 e. The van der Waals surface area contributed by atoms with Gasteiger partial charge >= 0.3 is 0 Å². The number of halogens is 1. The van der Waals surface area contributed by atoms with Crippen LogP contribution in [-0.2, 0) is 13.1 Å². The Balaban J connectivity index is 1.90. The number of carbonyl (C=O) groups excluding carboxylic acids is 1. The van der Waals surface area contributed by atoms with Crippen molar-refractivity contribution in [1.82, 2.24) is 14.8 Å². The van der Waals surface area contributed by atoms with Crippen LogP contribution in [-0.4, -0.2) is 27.6 Å². The van der Waals surface area contributed by atoms with Crippen LogP contribution < -0.4 is 4.90 Å². The third-order valence-corrected chi connectivity index (χ3v) is 3.39. The minimum atomic E-state index is 0.587. The summed E-state index contributed by atoms with van der Waals surface area (Å²) in [4.78, 5) is 12.8. The second kappa shape index (κ2) is 4.42. The lowest BCUT2D eigenvalue weighted by Gasteiger charge is -2.29. The predicted octanol–water partition coefficient (Wildman–Crippen LogP) is 1.76. The molecule has 92 valence electrons. The zero-order valence-electron chi connectivity index (χ0n) is 9.58. The van der Waals surface area contributed by atoms with Crippen LogP contribution in [0.4, 0.5) is 5.69 Å². The van der Waals surface area contributed by atoms with Gasteiger partial charge in [0, 0.05) is 18.7 Å². The summed E-state index contributed by atoms with van der Waals surface area (Å²) in [6, 6.07) is 5.33. The van der Waals surface area contributed by atoms with Crippen LogP contribution in [0, 0.1) is 0 Å². The van der Waals surface area contributed by atoms with Crippen molar-refractivity contribution < 1.29 is 4.79 Å². The lowest BCUT2D eigenvalue weighted by molar-refractivity contribution is 0.112. The predicted molar refractivity (Wildman–Crippen MR) is 67.9 cm³/mol. The highest BCUT2D eigenvalue weighted by Crippen LogP contribution is 2.28. The van der Waals surface area contributed by atoms with Crippen molar-refractivity contribution in [3.8, 4) is 0 Å². The van der Waals surface area contributed by atoms with Crippen molar-refractivity contribution in [1.29, 1.82) is 0 Å². The van der Waals surface area contributed by atoms with E-state index in [2.05, 4.69) is 15.1 Å². The number of anilines is 1. The molecular formula is C12H11ClN4O. The van der Waals surface area contributed by atoms with Crippen molar-refractivity contribution >= 4 is 23.6 Å². The van der Waals surface area contributed by atoms with Crippen molar-refractivity contribution in [2.24, 2.45) is 0 Å². The fraction of sp³-hybridized carbons (Fsp3) is 0.250. The Kier molecular flexibility index (Phi) is 2.76. The summed E-state index contributed by atoms with van der Waals surface area (Å²) >= 11 is 6.20. The molecule has 0 radical (unpaired) electrons. The molecule has 1 aromatic carbocycles. The number of aromatic nitrogens is 3. The van der Waals surface area contributed by atoms with Gasteiger partial charge in [0.2, 0.25) is 0 Å². The molecule has 0 spiro atoms. The summed E-state index contributed by atoms with van der Waals surface area (Å²) < 4.78 is 2.03. The van der Waals surface area contributed by atoms with Gasteiger partial charge < -0.3 is 9.47 Å². The summed E-state index contributed by atoms with van der Waals surface area (Å²) in [7, 11) is 0. The highest BCUT2D eigenvalue weighted by molar-refractivity contribution is 6.33. The molecule has 0 N–H and O–H groups in total. The second-order valence-corrected chi connectivity index (χ2v) is 4.60. The summed E-state index contributed by atoms with van der Waals surface area (Å²) in [6.07, 6.45) is 2.53. The summed E-state index contributed by atoms with van der Waals surface area (Å²) in [5.74, 6) is 0.928. The first-order chi connectivity index (χ1) is 8.78. The van der Waals surface area contributed by atoms with Crippen LogP contribution in [0.3, 0.4) is 0 Å². The first-order valence-electron chi connectivity index (χ1n) is 5.64. The Morgan fingerprint density at radius 1 is 1.33 bits per heavy atom. The molecule has 1 aliphatic rings. The van der Waals surface area contributed by atoms with Gasteiger partial charge in [-0.25, -0.2) is 0 Å². The average molecular weight is 263 g/mol. The summed E-state index contributed by atoms with van der Waals surface area (Å²) in [5.41, 5.74) is 1.51. The van der Waals surface area contributed by atoms with E-state index >= 15 is 0 Å². The summed E-state index contributed by atoms with van der Waals surface area (Å²) in [6.45, 7) is 2.37. The van der Waals surface area contributed by atoms with E-state index in [1.165, 1.54) is 0 Å². The van der Waals surface area contributed by atoms with Crippen LogP contribution in [0.15, 0.2) is 24.5 Å². The van der Waals surface area contributed by atoms with Crippen LogP contribution in [0.1, 0.15) is 16.2 Å². The molecule has 0 fully saturated rings. The average Bonchev–Trinajstić information content (AvgIpc) is 2.85. The molecule has 3 rings (SSSR count). The van der Waals surface area contributed by atoms with Gasteiger partial charge in [0.05, 0.1) is 17.3 Å². The maximum Gasteiger partial charge on any atom is 0.152 e. The Hall–Kier alpha value is -1.88. The number of benzene rings is 1. The molecule has 0 unspecified atom stereocenters. The molecule has 0 amide bonds. The third-order valence-electron chi connectivity index (χ3n) is 3.09. The van der Waals surface area contributed by atoms with Crippen LogP contribution in [0.5, 0.6) is 0 Å². The molecule has 0 atom stereocenters. The molecule has 2 aromatic rings. The molecule has 0 saturated carbocycles. The minimum absolute atomic E-state index is 0.587. The quantitative estimate of drug-likeness (QED) is 0.774. The van der Waals surface area contributed by atoms with E-state index in [1.54, 1.807) is 18.5 Å². The van der Waals surface area contributed by atoms with Crippen LogP contribution >= 0.6 is 11.6 Å². The first kappa shape index (κ1) is 11.2. The van der Waals surface area contributed by atoms with Crippen LogP contribution in [0.2, 0.25) is 5.02 Å². The fourth-order valence-corrected chi connectivity index (χ4v) is 2.43. The van der Waals surface area contributed by atoms with E-state index in [1.807, 2.05) is 10.6 Å². The lowest BCUT2D eigenvalue weighted by atomic mass is 10.2. The van der Waals surface area contributed by atoms with Crippen molar-refractivity contribution in [2.45, 2.75) is 13.1 Å². The molecule has 2 heterocycles. The minimum Gasteiger partial charge on any atom is -0.361 e. The number of rotatable bonds is 2. The van der Waals surface area contributed by atoms with E-state index in [0.717, 1.165) is 30.9 Å². The normalized spacial score (nSPS) is 14.4. The zero-order chi connectivity index (χ0) is 12.5. The fourth-order valence-electron chi connectivity index (χ4n) is 2.12. The monoisotopic (exact) mass is 262 g/mol. The third kappa shape index (κ3) is 1.86. The number of carbonyl (C=O) groups is 1. The SMILES string of the molecule is O=Cc1ccc(N2CCn3cnnc3C2)c(Cl)c1. The smallest absolute Gasteiger partial charge is 0.152 e. The number of hydrogen-bond donors (Lipinski definition) is 0. The Morgan fingerprint density at radius 2 is 2.22 bits per heavy atom. The number of nitrogens with zero attached hydrogens (tertiary/aromatic N) is 4. The molecule has 1 aliphatic heterocycles. The zero-order valence-corrected chi connectivity index (χ0v) is 10.3. The van der Waals surface area contributed by atoms with Gasteiger partial charge in [-0.05, 0) is 18.2 Å². The maximum absolute atomic E-state index is 10.7. The van der Waals surface area contributed by atoms with E-state index in [9.17, 15) is 4.79 Å². The van der Waals surface area contributed by atoms with E-state index in [4.69, 9.17) is 11.6 Å². The van der Waals surface area contributed by atoms with Gasteiger partial charge in [-0.3, -0.25) is 4.79 Å². The van der Waals surface area contributed by atoms with Crippen molar-refractivity contribution in [2.75, 3.05) is 11.4 Å². The maximum atomic E-state index is 10.7. The molecule has 1 aromatic heterocycles. The van der Waals surface area contributed by atoms with Crippen molar-refractivity contribution in [3.63, 3.8) is 0 Å². The van der Waals surface area contributed by atoms with E-state index in [0.29, 0.717) is 17.1 Å². The summed E-state index contributed by atoms with van der Waals surface area (Å²) in [5, 5.41) is 8.55. The van der Waals surface area contributed by atoms with E-state index in [-0.39, 0.29) is 0 Å². The lowest BCUT2D eigenvalue weighted by Crippen LogP contribution is -2.33. The standard InChI is InChI=1S/C12H11ClN4O/c13-10-5-9(7-18)1-2-11(10)16-3-4-17-8-14-15-12(17)6-16/h1-2,5,7-8H,3-4,6H2. The Labute approximate surface area is 109 Å². The van der Waals surface area contributed by atoms with Crippen molar-refractivity contribution in [3.05, 3.63) is 40.9 Å². The van der Waals surface area contributed by atoms with E-state index < -0.39 is 0 Å². The highest BCUT2D eigenvalue weighted by atomic mass is 35.5. The van der Waals surface area contributed by atoms with Gasteiger partial charge in [-0.2, -0.15) is 0 Å². The van der Waals surface area contributed by atoms with Crippen LogP contribution in [0.25, 0.3) is 0 Å². The van der Waals surface area contributed by atoms with Gasteiger partial charge in [0.1, 0.15) is 12.6 Å². The molecule has 6 heteroatoms. The van der Waals surface area contributed by atoms with Gasteiger partial charge in [-0.15, -0.1) is 10.2 Å². The number of fused-ring (bicyclic) bond motifs is 1. The topological polar surface area (TPSA) is 51.0 Å². The number of hydrogen-bond acceptors (Lipinski definition) is 4. The van der Waals surface area contributed by atoms with Gasteiger partial charge in [-0.1, -0.05) is 11.6 Å². The van der Waals surface area contributed by atoms with Gasteiger partial charge in [0.25, 0.3) is 0 Å². The number of aldehydes is 1. The Bertz CT molecular complexity index is 596. The second-order valence-electron chi connectivity index (χ2n) is 4.19. The molecule has 0 saturated heterocycles. The molecule has 5 nitrogen and oxygen atoms in total.